The minimum absolute atomic E-state index is 0.0562. The van der Waals surface area contributed by atoms with E-state index in [1.165, 1.54) is 0 Å². The van der Waals surface area contributed by atoms with Crippen LogP contribution >= 0.6 is 11.3 Å². The summed E-state index contributed by atoms with van der Waals surface area (Å²) in [6.07, 6.45) is 0. The Morgan fingerprint density at radius 3 is 2.80 bits per heavy atom. The smallest absolute Gasteiger partial charge is 0.251 e. The number of nitrogens with one attached hydrogen (secondary N) is 2. The number of hydrogen-bond donors (Lipinski definition) is 3. The van der Waals surface area contributed by atoms with Gasteiger partial charge in [-0.2, -0.15) is 0 Å². The Labute approximate surface area is 123 Å². The fourth-order valence-corrected chi connectivity index (χ4v) is 2.53. The molecule has 0 fully saturated rings. The average molecular weight is 289 g/mol. The molecule has 1 heterocycles. The quantitative estimate of drug-likeness (QED) is 0.792. The molecule has 0 atom stereocenters. The van der Waals surface area contributed by atoms with Crippen LogP contribution in [0.25, 0.3) is 0 Å². The van der Waals surface area contributed by atoms with Crippen molar-refractivity contribution in [3.8, 4) is 0 Å². The lowest BCUT2D eigenvalue weighted by Gasteiger charge is -2.10. The second kappa shape index (κ2) is 6.43. The predicted octanol–water partition coefficient (Wildman–Crippen LogP) is 3.08. The van der Waals surface area contributed by atoms with Crippen molar-refractivity contribution in [3.05, 3.63) is 46.2 Å². The van der Waals surface area contributed by atoms with Crippen molar-refractivity contribution < 1.29 is 4.79 Å². The van der Waals surface area contributed by atoms with E-state index >= 15 is 0 Å². The highest BCUT2D eigenvalue weighted by atomic mass is 32.1. The van der Waals surface area contributed by atoms with Crippen LogP contribution in [0.5, 0.6) is 0 Å². The van der Waals surface area contributed by atoms with Crippen molar-refractivity contribution in [1.82, 2.24) is 5.32 Å². The maximum atomic E-state index is 11.9. The second-order valence-corrected chi connectivity index (χ2v) is 5.86. The Morgan fingerprint density at radius 2 is 2.15 bits per heavy atom. The summed E-state index contributed by atoms with van der Waals surface area (Å²) < 4.78 is 0. The van der Waals surface area contributed by atoms with Gasteiger partial charge >= 0.3 is 0 Å². The Kier molecular flexibility index (Phi) is 4.63. The van der Waals surface area contributed by atoms with Crippen LogP contribution in [0.3, 0.4) is 0 Å². The summed E-state index contributed by atoms with van der Waals surface area (Å²) in [5.41, 5.74) is 8.21. The summed E-state index contributed by atoms with van der Waals surface area (Å²) in [6.45, 7) is 4.55. The van der Waals surface area contributed by atoms with E-state index in [-0.39, 0.29) is 11.9 Å². The van der Waals surface area contributed by atoms with Gasteiger partial charge in [-0.1, -0.05) is 6.07 Å². The molecule has 1 aromatic heterocycles. The Balaban J connectivity index is 2.02. The standard InChI is InChI=1S/C15H19N3OS/c1-10(2)18-15(19)11-4-3-5-12(8-11)17-9-14-13(16)6-7-20-14/h3-8,10,17H,9,16H2,1-2H3,(H,18,19). The largest absolute Gasteiger partial charge is 0.398 e. The molecule has 0 spiro atoms. The lowest BCUT2D eigenvalue weighted by Crippen LogP contribution is -2.30. The molecule has 1 amide bonds. The van der Waals surface area contributed by atoms with Gasteiger partial charge in [-0.25, -0.2) is 0 Å². The number of amides is 1. The zero-order valence-corrected chi connectivity index (χ0v) is 12.5. The van der Waals surface area contributed by atoms with Gasteiger partial charge in [-0.05, 0) is 43.5 Å². The molecule has 0 aliphatic carbocycles. The SMILES string of the molecule is CC(C)NC(=O)c1cccc(NCc2sccc2N)c1. The average Bonchev–Trinajstić information content (AvgIpc) is 2.81. The number of benzene rings is 1. The molecule has 106 valence electrons. The first-order valence-corrected chi connectivity index (χ1v) is 7.41. The van der Waals surface area contributed by atoms with E-state index in [9.17, 15) is 4.79 Å². The molecular formula is C15H19N3OS. The fraction of sp³-hybridized carbons (Fsp3) is 0.267. The van der Waals surface area contributed by atoms with Gasteiger partial charge in [0.15, 0.2) is 0 Å². The molecule has 2 aromatic rings. The molecule has 2 rings (SSSR count). The molecule has 0 saturated carbocycles. The third-order valence-corrected chi connectivity index (χ3v) is 3.71. The second-order valence-electron chi connectivity index (χ2n) is 4.86. The van der Waals surface area contributed by atoms with E-state index in [0.717, 1.165) is 16.3 Å². The maximum absolute atomic E-state index is 11.9. The number of nitrogen functional groups attached to an aromatic ring is 1. The molecule has 5 heteroatoms. The van der Waals surface area contributed by atoms with Crippen molar-refractivity contribution in [3.63, 3.8) is 0 Å². The minimum atomic E-state index is -0.0562. The van der Waals surface area contributed by atoms with E-state index in [1.807, 2.05) is 49.6 Å². The highest BCUT2D eigenvalue weighted by molar-refractivity contribution is 7.10. The van der Waals surface area contributed by atoms with E-state index in [4.69, 9.17) is 5.73 Å². The van der Waals surface area contributed by atoms with Gasteiger partial charge in [-0.3, -0.25) is 4.79 Å². The zero-order valence-electron chi connectivity index (χ0n) is 11.6. The van der Waals surface area contributed by atoms with Gasteiger partial charge in [0.1, 0.15) is 0 Å². The number of anilines is 2. The summed E-state index contributed by atoms with van der Waals surface area (Å²) in [7, 11) is 0. The Morgan fingerprint density at radius 1 is 1.35 bits per heavy atom. The van der Waals surface area contributed by atoms with Crippen LogP contribution in [0, 0.1) is 0 Å². The molecule has 0 aliphatic heterocycles. The molecule has 0 radical (unpaired) electrons. The first-order valence-electron chi connectivity index (χ1n) is 6.53. The van der Waals surface area contributed by atoms with Crippen LogP contribution in [-0.2, 0) is 6.54 Å². The summed E-state index contributed by atoms with van der Waals surface area (Å²) in [4.78, 5) is 13.0. The maximum Gasteiger partial charge on any atom is 0.251 e. The van der Waals surface area contributed by atoms with Crippen LogP contribution in [0.15, 0.2) is 35.7 Å². The van der Waals surface area contributed by atoms with Crippen molar-refractivity contribution in [1.29, 1.82) is 0 Å². The molecule has 0 unspecified atom stereocenters. The monoisotopic (exact) mass is 289 g/mol. The first kappa shape index (κ1) is 14.4. The topological polar surface area (TPSA) is 67.2 Å². The van der Waals surface area contributed by atoms with Crippen LogP contribution in [0.1, 0.15) is 29.1 Å². The normalized spacial score (nSPS) is 10.6. The molecule has 20 heavy (non-hydrogen) atoms. The van der Waals surface area contributed by atoms with Crippen LogP contribution in [0.2, 0.25) is 0 Å². The molecule has 1 aromatic carbocycles. The lowest BCUT2D eigenvalue weighted by molar-refractivity contribution is 0.0943. The Bertz CT molecular complexity index is 592. The number of carbonyl (C=O) groups is 1. The van der Waals surface area contributed by atoms with Crippen molar-refractivity contribution in [2.24, 2.45) is 0 Å². The van der Waals surface area contributed by atoms with Crippen molar-refractivity contribution >= 4 is 28.6 Å². The molecule has 0 aliphatic rings. The Hall–Kier alpha value is -2.01. The van der Waals surface area contributed by atoms with Crippen molar-refractivity contribution in [2.75, 3.05) is 11.1 Å². The van der Waals surface area contributed by atoms with Crippen LogP contribution in [-0.4, -0.2) is 11.9 Å². The molecule has 0 bridgehead atoms. The molecule has 4 N–H and O–H groups in total. The third kappa shape index (κ3) is 3.74. The third-order valence-electron chi connectivity index (χ3n) is 2.78. The number of thiophene rings is 1. The summed E-state index contributed by atoms with van der Waals surface area (Å²) in [5.74, 6) is -0.0562. The molecular weight excluding hydrogens is 270 g/mol. The number of nitrogens with two attached hydrogens (primary N) is 1. The lowest BCUT2D eigenvalue weighted by atomic mass is 10.1. The molecule has 0 saturated heterocycles. The van der Waals surface area contributed by atoms with E-state index in [0.29, 0.717) is 12.1 Å². The number of rotatable bonds is 5. The summed E-state index contributed by atoms with van der Waals surface area (Å²) >= 11 is 1.62. The van der Waals surface area contributed by atoms with Crippen LogP contribution < -0.4 is 16.4 Å². The van der Waals surface area contributed by atoms with Gasteiger partial charge in [0, 0.05) is 27.9 Å². The zero-order chi connectivity index (χ0) is 14.5. The van der Waals surface area contributed by atoms with E-state index < -0.39 is 0 Å². The van der Waals surface area contributed by atoms with Gasteiger partial charge < -0.3 is 16.4 Å². The van der Waals surface area contributed by atoms with E-state index in [1.54, 1.807) is 11.3 Å². The van der Waals surface area contributed by atoms with Gasteiger partial charge in [0.2, 0.25) is 0 Å². The fourth-order valence-electron chi connectivity index (χ4n) is 1.79. The first-order chi connectivity index (χ1) is 9.56. The predicted molar refractivity (Wildman–Crippen MR) is 85.1 cm³/mol. The van der Waals surface area contributed by atoms with Gasteiger partial charge in [0.05, 0.1) is 6.54 Å². The summed E-state index contributed by atoms with van der Waals surface area (Å²) in [6, 6.07) is 9.49. The van der Waals surface area contributed by atoms with E-state index in [2.05, 4.69) is 10.6 Å². The summed E-state index contributed by atoms with van der Waals surface area (Å²) in [5, 5.41) is 8.14. The number of hydrogen-bond acceptors (Lipinski definition) is 4. The van der Waals surface area contributed by atoms with Crippen LogP contribution in [0.4, 0.5) is 11.4 Å². The number of carbonyl (C=O) groups excluding carboxylic acids is 1. The highest BCUT2D eigenvalue weighted by Gasteiger charge is 2.07. The molecule has 4 nitrogen and oxygen atoms in total. The highest BCUT2D eigenvalue weighted by Crippen LogP contribution is 2.20. The van der Waals surface area contributed by atoms with Gasteiger partial charge in [-0.15, -0.1) is 11.3 Å². The van der Waals surface area contributed by atoms with Gasteiger partial charge in [0.25, 0.3) is 5.91 Å². The van der Waals surface area contributed by atoms with Crippen molar-refractivity contribution in [2.45, 2.75) is 26.4 Å². The minimum Gasteiger partial charge on any atom is -0.398 e.